The predicted octanol–water partition coefficient (Wildman–Crippen LogP) is 4.29. The van der Waals surface area contributed by atoms with Gasteiger partial charge < -0.3 is 4.57 Å². The fraction of sp³-hybridized carbons (Fsp3) is 0.150. The van der Waals surface area contributed by atoms with E-state index in [0.717, 1.165) is 11.3 Å². The molecule has 3 rings (SSSR count). The molecule has 0 radical (unpaired) electrons. The van der Waals surface area contributed by atoms with Crippen LogP contribution in [0.1, 0.15) is 32.9 Å². The summed E-state index contributed by atoms with van der Waals surface area (Å²) in [6.07, 6.45) is 0.463. The van der Waals surface area contributed by atoms with E-state index in [4.69, 9.17) is 0 Å². The Morgan fingerprint density at radius 1 is 1.00 bits per heavy atom. The summed E-state index contributed by atoms with van der Waals surface area (Å²) in [6, 6.07) is 18.0. The Balaban J connectivity index is 1.92. The zero-order valence-corrected chi connectivity index (χ0v) is 13.2. The van der Waals surface area contributed by atoms with Gasteiger partial charge in [-0.15, -0.1) is 0 Å². The average molecular weight is 307 g/mol. The van der Waals surface area contributed by atoms with Crippen LogP contribution in [0.4, 0.5) is 4.39 Å². The van der Waals surface area contributed by atoms with Crippen LogP contribution >= 0.6 is 0 Å². The molecule has 3 heteroatoms. The average Bonchev–Trinajstić information content (AvgIpc) is 2.90. The Hall–Kier alpha value is -2.68. The van der Waals surface area contributed by atoms with Gasteiger partial charge in [-0.2, -0.15) is 0 Å². The van der Waals surface area contributed by atoms with E-state index in [1.807, 2.05) is 61.0 Å². The molecule has 0 amide bonds. The first-order chi connectivity index (χ1) is 11.1. The maximum Gasteiger partial charge on any atom is 0.209 e. The molecule has 0 aliphatic carbocycles. The Labute approximate surface area is 135 Å². The van der Waals surface area contributed by atoms with Gasteiger partial charge >= 0.3 is 0 Å². The molecule has 3 aromatic rings. The van der Waals surface area contributed by atoms with Crippen molar-refractivity contribution in [2.45, 2.75) is 13.3 Å². The first kappa shape index (κ1) is 15.2. The summed E-state index contributed by atoms with van der Waals surface area (Å²) in [6.45, 7) is 1.93. The lowest BCUT2D eigenvalue weighted by Gasteiger charge is -2.09. The SMILES string of the molecule is Cc1ccccc1C(=O)c1ccc(Cc2ccccc2F)n1C. The third kappa shape index (κ3) is 2.95. The van der Waals surface area contributed by atoms with E-state index in [1.165, 1.54) is 6.07 Å². The number of nitrogens with zero attached hydrogens (tertiary/aromatic N) is 1. The summed E-state index contributed by atoms with van der Waals surface area (Å²) >= 11 is 0. The van der Waals surface area contributed by atoms with Gasteiger partial charge in [0.05, 0.1) is 5.69 Å². The number of aryl methyl sites for hydroxylation is 1. The molecule has 0 spiro atoms. The van der Waals surface area contributed by atoms with Crippen molar-refractivity contribution in [1.29, 1.82) is 0 Å². The fourth-order valence-electron chi connectivity index (χ4n) is 2.76. The van der Waals surface area contributed by atoms with Crippen LogP contribution in [-0.2, 0) is 13.5 Å². The number of aromatic nitrogens is 1. The van der Waals surface area contributed by atoms with Crippen molar-refractivity contribution in [3.63, 3.8) is 0 Å². The van der Waals surface area contributed by atoms with Gasteiger partial charge in [-0.3, -0.25) is 4.79 Å². The molecule has 0 fully saturated rings. The van der Waals surface area contributed by atoms with Gasteiger partial charge in [-0.1, -0.05) is 42.5 Å². The standard InChI is InChI=1S/C20H18FNO/c1-14-7-3-5-9-17(14)20(23)19-12-11-16(22(19)2)13-15-8-4-6-10-18(15)21/h3-12H,13H2,1-2H3. The highest BCUT2D eigenvalue weighted by molar-refractivity contribution is 6.09. The molecule has 23 heavy (non-hydrogen) atoms. The van der Waals surface area contributed by atoms with Crippen molar-refractivity contribution in [2.24, 2.45) is 7.05 Å². The van der Waals surface area contributed by atoms with Gasteiger partial charge in [0.25, 0.3) is 0 Å². The van der Waals surface area contributed by atoms with Gasteiger partial charge in [0.15, 0.2) is 0 Å². The van der Waals surface area contributed by atoms with Crippen molar-refractivity contribution < 1.29 is 9.18 Å². The molecular weight excluding hydrogens is 289 g/mol. The highest BCUT2D eigenvalue weighted by Gasteiger charge is 2.16. The van der Waals surface area contributed by atoms with Gasteiger partial charge in [-0.25, -0.2) is 4.39 Å². The number of ketones is 1. The van der Waals surface area contributed by atoms with E-state index in [9.17, 15) is 9.18 Å². The third-order valence-electron chi connectivity index (χ3n) is 4.18. The monoisotopic (exact) mass is 307 g/mol. The van der Waals surface area contributed by atoms with E-state index in [1.54, 1.807) is 12.1 Å². The maximum atomic E-state index is 13.8. The zero-order chi connectivity index (χ0) is 16.4. The molecule has 0 saturated heterocycles. The van der Waals surface area contributed by atoms with Crippen molar-refractivity contribution in [1.82, 2.24) is 4.57 Å². The minimum Gasteiger partial charge on any atom is -0.345 e. The number of hydrogen-bond donors (Lipinski definition) is 0. The molecule has 0 unspecified atom stereocenters. The predicted molar refractivity (Wildman–Crippen MR) is 89.2 cm³/mol. The van der Waals surface area contributed by atoms with Gasteiger partial charge in [0.1, 0.15) is 5.82 Å². The Bertz CT molecular complexity index is 864. The summed E-state index contributed by atoms with van der Waals surface area (Å²) in [4.78, 5) is 12.7. The minimum atomic E-state index is -0.222. The molecule has 0 atom stereocenters. The maximum absolute atomic E-state index is 13.8. The van der Waals surface area contributed by atoms with E-state index >= 15 is 0 Å². The highest BCUT2D eigenvalue weighted by Crippen LogP contribution is 2.19. The largest absolute Gasteiger partial charge is 0.345 e. The topological polar surface area (TPSA) is 22.0 Å². The van der Waals surface area contributed by atoms with Crippen molar-refractivity contribution >= 4 is 5.78 Å². The third-order valence-corrected chi connectivity index (χ3v) is 4.18. The number of carbonyl (C=O) groups excluding carboxylic acids is 1. The summed E-state index contributed by atoms with van der Waals surface area (Å²) in [7, 11) is 1.85. The number of hydrogen-bond acceptors (Lipinski definition) is 1. The lowest BCUT2D eigenvalue weighted by Crippen LogP contribution is -2.10. The first-order valence-electron chi connectivity index (χ1n) is 7.56. The van der Waals surface area contributed by atoms with Crippen molar-refractivity contribution in [3.8, 4) is 0 Å². The van der Waals surface area contributed by atoms with Crippen LogP contribution in [0.3, 0.4) is 0 Å². The molecular formula is C20H18FNO. The molecule has 0 saturated carbocycles. The fourth-order valence-corrected chi connectivity index (χ4v) is 2.76. The first-order valence-corrected chi connectivity index (χ1v) is 7.56. The molecule has 2 nitrogen and oxygen atoms in total. The smallest absolute Gasteiger partial charge is 0.209 e. The Morgan fingerprint density at radius 3 is 2.43 bits per heavy atom. The second-order valence-corrected chi connectivity index (χ2v) is 5.68. The molecule has 0 bridgehead atoms. The highest BCUT2D eigenvalue weighted by atomic mass is 19.1. The number of halogens is 1. The summed E-state index contributed by atoms with van der Waals surface area (Å²) < 4.78 is 15.7. The molecule has 116 valence electrons. The summed E-state index contributed by atoms with van der Waals surface area (Å²) in [5, 5.41) is 0. The zero-order valence-electron chi connectivity index (χ0n) is 13.2. The van der Waals surface area contributed by atoms with Crippen molar-refractivity contribution in [2.75, 3.05) is 0 Å². The van der Waals surface area contributed by atoms with E-state index in [0.29, 0.717) is 23.2 Å². The van der Waals surface area contributed by atoms with Crippen LogP contribution in [0, 0.1) is 12.7 Å². The van der Waals surface area contributed by atoms with Crippen LogP contribution in [0.2, 0.25) is 0 Å². The molecule has 0 aliphatic rings. The van der Waals surface area contributed by atoms with E-state index in [-0.39, 0.29) is 11.6 Å². The van der Waals surface area contributed by atoms with Crippen LogP contribution in [-0.4, -0.2) is 10.4 Å². The quantitative estimate of drug-likeness (QED) is 0.659. The number of benzene rings is 2. The lowest BCUT2D eigenvalue weighted by molar-refractivity contribution is 0.103. The molecule has 1 aromatic heterocycles. The Kier molecular flexibility index (Phi) is 4.11. The number of carbonyl (C=O) groups is 1. The lowest BCUT2D eigenvalue weighted by atomic mass is 10.0. The second-order valence-electron chi connectivity index (χ2n) is 5.68. The van der Waals surface area contributed by atoms with Crippen LogP contribution in [0.15, 0.2) is 60.7 Å². The van der Waals surface area contributed by atoms with E-state index in [2.05, 4.69) is 0 Å². The molecule has 0 aliphatic heterocycles. The van der Waals surface area contributed by atoms with Crippen molar-refractivity contribution in [3.05, 3.63) is 94.6 Å². The molecule has 0 N–H and O–H groups in total. The van der Waals surface area contributed by atoms with Crippen LogP contribution < -0.4 is 0 Å². The molecule has 1 heterocycles. The van der Waals surface area contributed by atoms with Crippen LogP contribution in [0.25, 0.3) is 0 Å². The van der Waals surface area contributed by atoms with Crippen LogP contribution in [0.5, 0.6) is 0 Å². The van der Waals surface area contributed by atoms with Gasteiger partial charge in [-0.05, 0) is 36.2 Å². The normalized spacial score (nSPS) is 10.7. The van der Waals surface area contributed by atoms with Gasteiger partial charge in [0.2, 0.25) is 5.78 Å². The number of rotatable bonds is 4. The van der Waals surface area contributed by atoms with Gasteiger partial charge in [0, 0.05) is 24.7 Å². The van der Waals surface area contributed by atoms with E-state index < -0.39 is 0 Å². The second kappa shape index (κ2) is 6.21. The molecule has 2 aromatic carbocycles. The Morgan fingerprint density at radius 2 is 1.70 bits per heavy atom. The summed E-state index contributed by atoms with van der Waals surface area (Å²) in [5.41, 5.74) is 3.81. The summed E-state index contributed by atoms with van der Waals surface area (Å²) in [5.74, 6) is -0.231. The minimum absolute atomic E-state index is 0.00890.